The molecule has 2 nitrogen and oxygen atoms in total. The summed E-state index contributed by atoms with van der Waals surface area (Å²) in [5, 5.41) is -0.0930. The van der Waals surface area contributed by atoms with Gasteiger partial charge in [-0.25, -0.2) is 8.78 Å². The van der Waals surface area contributed by atoms with Crippen LogP contribution in [0.4, 0.5) is 8.78 Å². The van der Waals surface area contributed by atoms with Crippen molar-refractivity contribution < 1.29 is 8.78 Å². The minimum absolute atomic E-state index is 0.0672. The van der Waals surface area contributed by atoms with Crippen molar-refractivity contribution in [1.82, 2.24) is 9.97 Å². The fraction of sp³-hybridized carbons (Fsp3) is 0.0667. The predicted molar refractivity (Wildman–Crippen MR) is 73.9 cm³/mol. The Kier molecular flexibility index (Phi) is 3.32. The molecule has 20 heavy (non-hydrogen) atoms. The molecule has 0 saturated carbocycles. The molecule has 0 aliphatic rings. The number of hydrogen-bond donors (Lipinski definition) is 2. The van der Waals surface area contributed by atoms with Gasteiger partial charge in [0.1, 0.15) is 11.6 Å². The van der Waals surface area contributed by atoms with Crippen LogP contribution in [-0.2, 0) is 0 Å². The normalized spacial score (nSPS) is 11.2. The summed E-state index contributed by atoms with van der Waals surface area (Å²) in [5.41, 5.74) is 1.31. The summed E-state index contributed by atoms with van der Waals surface area (Å²) in [6.45, 7) is 0. The number of rotatable bonds is 3. The summed E-state index contributed by atoms with van der Waals surface area (Å²) >= 11 is 5.79. The van der Waals surface area contributed by atoms with Crippen LogP contribution in [-0.4, -0.2) is 9.97 Å². The summed E-state index contributed by atoms with van der Waals surface area (Å²) in [5.74, 6) is -1.96. The third kappa shape index (κ3) is 2.12. The number of halogens is 3. The lowest BCUT2D eigenvalue weighted by Crippen LogP contribution is -2.09. The van der Waals surface area contributed by atoms with Crippen molar-refractivity contribution in [2.75, 3.05) is 0 Å². The van der Waals surface area contributed by atoms with E-state index in [2.05, 4.69) is 9.97 Å². The van der Waals surface area contributed by atoms with Crippen LogP contribution < -0.4 is 0 Å². The number of aromatic nitrogens is 2. The quantitative estimate of drug-likeness (QED) is 0.668. The maximum atomic E-state index is 14.3. The highest BCUT2D eigenvalue weighted by atomic mass is 35.5. The van der Waals surface area contributed by atoms with Crippen molar-refractivity contribution in [3.05, 3.63) is 82.4 Å². The Bertz CT molecular complexity index is 672. The van der Waals surface area contributed by atoms with E-state index in [1.54, 1.807) is 36.7 Å². The smallest absolute Gasteiger partial charge is 0.148 e. The molecule has 2 aromatic heterocycles. The molecule has 0 bridgehead atoms. The van der Waals surface area contributed by atoms with E-state index in [1.165, 1.54) is 12.1 Å². The second kappa shape index (κ2) is 5.13. The molecule has 3 aromatic rings. The molecule has 0 aliphatic heterocycles. The van der Waals surface area contributed by atoms with Crippen LogP contribution >= 0.6 is 11.6 Å². The molecule has 0 amide bonds. The average Bonchev–Trinajstić information content (AvgIpc) is 3.12. The van der Waals surface area contributed by atoms with E-state index in [4.69, 9.17) is 11.6 Å². The van der Waals surface area contributed by atoms with Crippen LogP contribution in [0.3, 0.4) is 0 Å². The van der Waals surface area contributed by atoms with E-state index in [0.717, 1.165) is 0 Å². The molecule has 0 fully saturated rings. The molecule has 2 N–H and O–H groups in total. The van der Waals surface area contributed by atoms with Crippen molar-refractivity contribution in [2.45, 2.75) is 5.92 Å². The summed E-state index contributed by atoms with van der Waals surface area (Å²) in [4.78, 5) is 6.00. The maximum absolute atomic E-state index is 14.3. The number of H-pyrrole nitrogens is 2. The Hall–Kier alpha value is -2.07. The first-order valence-corrected chi connectivity index (χ1v) is 6.46. The third-order valence-corrected chi connectivity index (χ3v) is 3.53. The number of hydrogen-bond acceptors (Lipinski definition) is 0. The summed E-state index contributed by atoms with van der Waals surface area (Å²) in [6.07, 6.45) is 3.43. The molecule has 0 aliphatic carbocycles. The number of aromatic amines is 2. The summed E-state index contributed by atoms with van der Waals surface area (Å²) in [7, 11) is 0. The first kappa shape index (κ1) is 12.9. The predicted octanol–water partition coefficient (Wildman–Crippen LogP) is 4.45. The lowest BCUT2D eigenvalue weighted by Gasteiger charge is -2.17. The molecule has 1 aromatic carbocycles. The van der Waals surface area contributed by atoms with Crippen molar-refractivity contribution in [1.29, 1.82) is 0 Å². The van der Waals surface area contributed by atoms with Gasteiger partial charge in [0, 0.05) is 29.3 Å². The van der Waals surface area contributed by atoms with E-state index < -0.39 is 17.6 Å². The number of nitrogens with one attached hydrogen (secondary N) is 2. The Balaban J connectivity index is 2.24. The van der Waals surface area contributed by atoms with Crippen LogP contribution in [0.1, 0.15) is 22.9 Å². The van der Waals surface area contributed by atoms with Crippen molar-refractivity contribution in [3.63, 3.8) is 0 Å². The fourth-order valence-electron chi connectivity index (χ4n) is 2.33. The Morgan fingerprint density at radius 2 is 1.50 bits per heavy atom. The highest BCUT2D eigenvalue weighted by Gasteiger charge is 2.26. The zero-order valence-electron chi connectivity index (χ0n) is 10.3. The minimum atomic E-state index is -0.735. The number of benzene rings is 1. The third-order valence-electron chi connectivity index (χ3n) is 3.23. The molecule has 3 rings (SSSR count). The van der Waals surface area contributed by atoms with Gasteiger partial charge in [0.15, 0.2) is 0 Å². The van der Waals surface area contributed by atoms with E-state index in [0.29, 0.717) is 11.4 Å². The molecular weight excluding hydrogens is 282 g/mol. The van der Waals surface area contributed by atoms with Gasteiger partial charge in [-0.1, -0.05) is 11.6 Å². The van der Waals surface area contributed by atoms with Gasteiger partial charge in [0.2, 0.25) is 0 Å². The van der Waals surface area contributed by atoms with E-state index >= 15 is 0 Å². The van der Waals surface area contributed by atoms with Gasteiger partial charge in [0.05, 0.1) is 10.9 Å². The molecule has 0 saturated heterocycles. The van der Waals surface area contributed by atoms with Gasteiger partial charge >= 0.3 is 0 Å². The Morgan fingerprint density at radius 1 is 0.900 bits per heavy atom. The first-order chi connectivity index (χ1) is 9.68. The highest BCUT2D eigenvalue weighted by molar-refractivity contribution is 6.30. The molecule has 0 unspecified atom stereocenters. The van der Waals surface area contributed by atoms with Gasteiger partial charge in [0.25, 0.3) is 0 Å². The summed E-state index contributed by atoms with van der Waals surface area (Å²) < 4.78 is 28.4. The second-order valence-electron chi connectivity index (χ2n) is 4.44. The van der Waals surface area contributed by atoms with Crippen LogP contribution in [0, 0.1) is 11.6 Å². The Morgan fingerprint density at radius 3 is 2.00 bits per heavy atom. The van der Waals surface area contributed by atoms with Crippen LogP contribution in [0.2, 0.25) is 5.02 Å². The molecule has 0 atom stereocenters. The van der Waals surface area contributed by atoms with Gasteiger partial charge in [-0.15, -0.1) is 0 Å². The van der Waals surface area contributed by atoms with Gasteiger partial charge in [-0.3, -0.25) is 0 Å². The van der Waals surface area contributed by atoms with E-state index in [1.807, 2.05) is 0 Å². The van der Waals surface area contributed by atoms with Crippen molar-refractivity contribution in [2.24, 2.45) is 0 Å². The van der Waals surface area contributed by atoms with Crippen molar-refractivity contribution in [3.8, 4) is 0 Å². The van der Waals surface area contributed by atoms with Crippen LogP contribution in [0.5, 0.6) is 0 Å². The highest BCUT2D eigenvalue weighted by Crippen LogP contribution is 2.35. The zero-order chi connectivity index (χ0) is 14.1. The first-order valence-electron chi connectivity index (χ1n) is 6.08. The van der Waals surface area contributed by atoms with E-state index in [-0.39, 0.29) is 10.6 Å². The standard InChI is InChI=1S/C15H11ClF2N2/c16-9-5-6-10(17)13(15(9)18)14(11-3-1-7-19-11)12-4-2-8-20-12/h1-8,14,19-20H. The molecule has 0 radical (unpaired) electrons. The molecule has 2 heterocycles. The lowest BCUT2D eigenvalue weighted by atomic mass is 9.91. The molecular formula is C15H11ClF2N2. The Labute approximate surface area is 119 Å². The van der Waals surface area contributed by atoms with E-state index in [9.17, 15) is 8.78 Å². The SMILES string of the molecule is Fc1ccc(Cl)c(F)c1C(c1ccc[nH]1)c1ccc[nH]1. The minimum Gasteiger partial charge on any atom is -0.364 e. The van der Waals surface area contributed by atoms with Gasteiger partial charge < -0.3 is 9.97 Å². The fourth-order valence-corrected chi connectivity index (χ4v) is 2.50. The average molecular weight is 293 g/mol. The monoisotopic (exact) mass is 292 g/mol. The maximum Gasteiger partial charge on any atom is 0.148 e. The topological polar surface area (TPSA) is 31.6 Å². The second-order valence-corrected chi connectivity index (χ2v) is 4.85. The molecule has 5 heteroatoms. The van der Waals surface area contributed by atoms with Crippen LogP contribution in [0.15, 0.2) is 48.8 Å². The molecule has 102 valence electrons. The van der Waals surface area contributed by atoms with Gasteiger partial charge in [-0.2, -0.15) is 0 Å². The molecule has 0 spiro atoms. The van der Waals surface area contributed by atoms with Crippen LogP contribution in [0.25, 0.3) is 0 Å². The summed E-state index contributed by atoms with van der Waals surface area (Å²) in [6, 6.07) is 9.53. The largest absolute Gasteiger partial charge is 0.364 e. The zero-order valence-corrected chi connectivity index (χ0v) is 11.1. The lowest BCUT2D eigenvalue weighted by molar-refractivity contribution is 0.549. The van der Waals surface area contributed by atoms with Crippen molar-refractivity contribution >= 4 is 11.6 Å². The van der Waals surface area contributed by atoms with Gasteiger partial charge in [-0.05, 0) is 36.4 Å².